The summed E-state index contributed by atoms with van der Waals surface area (Å²) in [5.41, 5.74) is 0. The van der Waals surface area contributed by atoms with Crippen LogP contribution in [0.5, 0.6) is 0 Å². The molecule has 0 radical (unpaired) electrons. The van der Waals surface area contributed by atoms with Crippen molar-refractivity contribution in [3.05, 3.63) is 83.9 Å². The molecule has 0 atom stereocenters. The molecular weight excluding hydrogens is 348 g/mol. The summed E-state index contributed by atoms with van der Waals surface area (Å²) in [6.45, 7) is 0. The molecular formula is C26H13Cl. The first-order chi connectivity index (χ1) is 13.3. The van der Waals surface area contributed by atoms with Crippen molar-refractivity contribution in [1.29, 1.82) is 0 Å². The monoisotopic (exact) mass is 360 g/mol. The fraction of sp³-hybridized carbons (Fsp3) is 0. The molecule has 27 heavy (non-hydrogen) atoms. The minimum atomic E-state index is 0.836. The molecule has 1 heteroatoms. The van der Waals surface area contributed by atoms with Gasteiger partial charge in [0.05, 0.1) is 0 Å². The van der Waals surface area contributed by atoms with E-state index in [1.165, 1.54) is 64.6 Å². The van der Waals surface area contributed by atoms with Crippen LogP contribution in [0.3, 0.4) is 0 Å². The Morgan fingerprint density at radius 3 is 1.41 bits per heavy atom. The molecule has 0 unspecified atom stereocenters. The van der Waals surface area contributed by atoms with Crippen molar-refractivity contribution in [3.8, 4) is 0 Å². The van der Waals surface area contributed by atoms with Crippen molar-refractivity contribution < 1.29 is 0 Å². The van der Waals surface area contributed by atoms with Gasteiger partial charge in [0.2, 0.25) is 0 Å². The van der Waals surface area contributed by atoms with Gasteiger partial charge in [0.15, 0.2) is 0 Å². The van der Waals surface area contributed by atoms with Crippen LogP contribution in [0.4, 0.5) is 0 Å². The van der Waals surface area contributed by atoms with Crippen molar-refractivity contribution in [2.45, 2.75) is 0 Å². The zero-order valence-electron chi connectivity index (χ0n) is 14.4. The van der Waals surface area contributed by atoms with Crippen molar-refractivity contribution in [2.75, 3.05) is 0 Å². The van der Waals surface area contributed by atoms with Gasteiger partial charge in [-0.3, -0.25) is 0 Å². The van der Waals surface area contributed by atoms with Crippen LogP contribution in [0.25, 0.3) is 64.6 Å². The quantitative estimate of drug-likeness (QED) is 0.239. The average Bonchev–Trinajstić information content (AvgIpc) is 3.22. The molecule has 7 rings (SSSR count). The molecule has 7 aromatic rings. The smallest absolute Gasteiger partial charge is 0.0491 e. The van der Waals surface area contributed by atoms with Crippen LogP contribution in [-0.4, -0.2) is 0 Å². The molecule has 7 aromatic carbocycles. The lowest BCUT2D eigenvalue weighted by Gasteiger charge is -2.07. The molecule has 124 valence electrons. The van der Waals surface area contributed by atoms with E-state index in [2.05, 4.69) is 72.8 Å². The van der Waals surface area contributed by atoms with Crippen LogP contribution in [-0.2, 0) is 0 Å². The molecule has 0 saturated carbocycles. The highest BCUT2D eigenvalue weighted by Gasteiger charge is 2.22. The molecule has 0 aliphatic carbocycles. The van der Waals surface area contributed by atoms with E-state index < -0.39 is 0 Å². The summed E-state index contributed by atoms with van der Waals surface area (Å²) in [6.07, 6.45) is 0. The van der Waals surface area contributed by atoms with E-state index in [0.717, 1.165) is 5.02 Å². The number of hydrogen-bond donors (Lipinski definition) is 0. The van der Waals surface area contributed by atoms with E-state index in [1.54, 1.807) is 0 Å². The van der Waals surface area contributed by atoms with E-state index in [-0.39, 0.29) is 0 Å². The predicted molar refractivity (Wildman–Crippen MR) is 119 cm³/mol. The molecule has 0 aliphatic heterocycles. The van der Waals surface area contributed by atoms with Crippen molar-refractivity contribution in [3.63, 3.8) is 0 Å². The molecule has 0 bridgehead atoms. The van der Waals surface area contributed by atoms with E-state index in [0.29, 0.717) is 0 Å². The number of benzene rings is 5. The summed E-state index contributed by atoms with van der Waals surface area (Å²) in [5, 5.41) is 16.6. The van der Waals surface area contributed by atoms with Gasteiger partial charge < -0.3 is 0 Å². The summed E-state index contributed by atoms with van der Waals surface area (Å²) in [7, 11) is 0. The van der Waals surface area contributed by atoms with Gasteiger partial charge in [-0.1, -0.05) is 84.4 Å². The predicted octanol–water partition coefficient (Wildman–Crippen LogP) is 8.13. The Balaban J connectivity index is 2.04. The van der Waals surface area contributed by atoms with Gasteiger partial charge in [-0.15, -0.1) is 0 Å². The number of fused-ring (bicyclic) bond motifs is 8. The lowest BCUT2D eigenvalue weighted by atomic mass is 9.95. The first kappa shape index (κ1) is 14.0. The molecule has 0 saturated heterocycles. The van der Waals surface area contributed by atoms with Gasteiger partial charge in [0, 0.05) is 15.8 Å². The van der Waals surface area contributed by atoms with Crippen LogP contribution in [0.2, 0.25) is 5.02 Å². The van der Waals surface area contributed by atoms with E-state index in [9.17, 15) is 0 Å². The average molecular weight is 361 g/mol. The Hall–Kier alpha value is -3.09. The zero-order valence-corrected chi connectivity index (χ0v) is 15.1. The Morgan fingerprint density at radius 2 is 0.741 bits per heavy atom. The third-order valence-corrected chi connectivity index (χ3v) is 6.52. The summed E-state index contributed by atoms with van der Waals surface area (Å²) in [5.74, 6) is 0. The maximum absolute atomic E-state index is 6.77. The summed E-state index contributed by atoms with van der Waals surface area (Å²) in [4.78, 5) is 0. The highest BCUT2D eigenvalue weighted by Crippen LogP contribution is 2.51. The van der Waals surface area contributed by atoms with Crippen molar-refractivity contribution >= 4 is 76.2 Å². The van der Waals surface area contributed by atoms with Crippen molar-refractivity contribution in [2.24, 2.45) is 0 Å². The Labute approximate surface area is 160 Å². The molecule has 0 spiro atoms. The molecule has 0 N–H and O–H groups in total. The highest BCUT2D eigenvalue weighted by molar-refractivity contribution is 6.51. The van der Waals surface area contributed by atoms with Crippen molar-refractivity contribution in [1.82, 2.24) is 0 Å². The fourth-order valence-electron chi connectivity index (χ4n) is 5.25. The Bertz CT molecular complexity index is 1670. The third-order valence-electron chi connectivity index (χ3n) is 6.21. The topological polar surface area (TPSA) is 0 Å². The van der Waals surface area contributed by atoms with Gasteiger partial charge in [-0.25, -0.2) is 0 Å². The summed E-state index contributed by atoms with van der Waals surface area (Å²) in [6, 6.07) is 28.4. The fourth-order valence-corrected chi connectivity index (χ4v) is 5.52. The number of halogens is 1. The van der Waals surface area contributed by atoms with Crippen LogP contribution in [0.15, 0.2) is 78.9 Å². The lowest BCUT2D eigenvalue weighted by molar-refractivity contribution is 1.84. The number of rotatable bonds is 0. The van der Waals surface area contributed by atoms with E-state index in [4.69, 9.17) is 11.6 Å². The second kappa shape index (κ2) is 4.60. The largest absolute Gasteiger partial charge is 0.0836 e. The third kappa shape index (κ3) is 1.49. The van der Waals surface area contributed by atoms with Crippen LogP contribution < -0.4 is 0 Å². The molecule has 0 nitrogen and oxygen atoms in total. The SMILES string of the molecule is Clc1cccc2c3cccc4c5cccc6c7ccccc7c(c65)c(c12)c34. The maximum Gasteiger partial charge on any atom is 0.0491 e. The normalized spacial score (nSPS) is 12.6. The Kier molecular flexibility index (Phi) is 2.39. The summed E-state index contributed by atoms with van der Waals surface area (Å²) >= 11 is 6.77. The van der Waals surface area contributed by atoms with Gasteiger partial charge in [0.25, 0.3) is 0 Å². The second-order valence-electron chi connectivity index (χ2n) is 7.41. The van der Waals surface area contributed by atoms with Gasteiger partial charge in [-0.05, 0) is 59.9 Å². The van der Waals surface area contributed by atoms with Crippen LogP contribution in [0.1, 0.15) is 0 Å². The maximum atomic E-state index is 6.77. The standard InChI is InChI=1S/C26H13Cl/c27-21-13-5-12-20-19-11-4-10-18-17-9-3-8-15-14-6-1-2-7-16(14)25(22(15)17)26(23(18)19)24(20)21/h1-13H. The lowest BCUT2D eigenvalue weighted by Crippen LogP contribution is -1.79. The van der Waals surface area contributed by atoms with E-state index >= 15 is 0 Å². The number of hydrogen-bond acceptors (Lipinski definition) is 0. The van der Waals surface area contributed by atoms with Gasteiger partial charge >= 0.3 is 0 Å². The van der Waals surface area contributed by atoms with Gasteiger partial charge in [-0.2, -0.15) is 0 Å². The van der Waals surface area contributed by atoms with Crippen LogP contribution >= 0.6 is 11.6 Å². The zero-order chi connectivity index (χ0) is 17.7. The molecule has 0 fully saturated rings. The second-order valence-corrected chi connectivity index (χ2v) is 7.82. The van der Waals surface area contributed by atoms with E-state index in [1.807, 2.05) is 6.07 Å². The molecule has 0 aromatic heterocycles. The highest BCUT2D eigenvalue weighted by atomic mass is 35.5. The molecule has 0 heterocycles. The summed E-state index contributed by atoms with van der Waals surface area (Å²) < 4.78 is 0. The first-order valence-electron chi connectivity index (χ1n) is 9.25. The minimum Gasteiger partial charge on any atom is -0.0836 e. The minimum absolute atomic E-state index is 0.836. The molecule has 0 amide bonds. The van der Waals surface area contributed by atoms with Gasteiger partial charge in [0.1, 0.15) is 0 Å². The van der Waals surface area contributed by atoms with Crippen LogP contribution in [0, 0.1) is 0 Å². The molecule has 0 aliphatic rings. The Morgan fingerprint density at radius 1 is 0.333 bits per heavy atom. The first-order valence-corrected chi connectivity index (χ1v) is 9.63.